The Morgan fingerprint density at radius 1 is 1.23 bits per heavy atom. The van der Waals surface area contributed by atoms with Crippen LogP contribution in [0.15, 0.2) is 27.6 Å². The van der Waals surface area contributed by atoms with Crippen molar-refractivity contribution in [1.82, 2.24) is 14.1 Å². The molecule has 7 nitrogen and oxygen atoms in total. The van der Waals surface area contributed by atoms with Gasteiger partial charge in [-0.15, -0.1) is 0 Å². The van der Waals surface area contributed by atoms with Gasteiger partial charge in [-0.05, 0) is 63.3 Å². The van der Waals surface area contributed by atoms with Gasteiger partial charge in [-0.1, -0.05) is 22.9 Å². The first-order chi connectivity index (χ1) is 14.1. The predicted molar refractivity (Wildman–Crippen MR) is 121 cm³/mol. The van der Waals surface area contributed by atoms with Gasteiger partial charge in [-0.3, -0.25) is 9.48 Å². The lowest BCUT2D eigenvalue weighted by Crippen LogP contribution is -2.38. The van der Waals surface area contributed by atoms with Crippen LogP contribution >= 0.6 is 15.9 Å². The Bertz CT molecular complexity index is 1040. The molecule has 0 spiro atoms. The number of rotatable bonds is 6. The minimum absolute atomic E-state index is 0.140. The van der Waals surface area contributed by atoms with Crippen molar-refractivity contribution < 1.29 is 13.2 Å². The highest BCUT2D eigenvalue weighted by atomic mass is 79.9. The molecular weight excluding hydrogens is 468 g/mol. The maximum atomic E-state index is 13.2. The Balaban J connectivity index is 1.69. The lowest BCUT2D eigenvalue weighted by molar-refractivity contribution is -0.116. The van der Waals surface area contributed by atoms with E-state index >= 15 is 0 Å². The smallest absolute Gasteiger partial charge is 0.246 e. The molecule has 0 saturated carbocycles. The number of nitrogens with zero attached hydrogens (tertiary/aromatic N) is 3. The number of amides is 1. The fraction of sp³-hybridized carbons (Fsp3) is 0.524. The zero-order chi connectivity index (χ0) is 22.1. The summed E-state index contributed by atoms with van der Waals surface area (Å²) < 4.78 is 30.5. The minimum atomic E-state index is -3.58. The number of hydrogen-bond acceptors (Lipinski definition) is 4. The van der Waals surface area contributed by atoms with Gasteiger partial charge in [0.25, 0.3) is 0 Å². The van der Waals surface area contributed by atoms with E-state index in [1.807, 2.05) is 25.1 Å². The summed E-state index contributed by atoms with van der Waals surface area (Å²) in [7, 11) is -3.58. The number of aromatic nitrogens is 2. The molecule has 1 amide bonds. The van der Waals surface area contributed by atoms with Crippen LogP contribution in [-0.4, -0.2) is 41.5 Å². The van der Waals surface area contributed by atoms with E-state index in [1.54, 1.807) is 22.8 Å². The maximum Gasteiger partial charge on any atom is 0.246 e. The van der Waals surface area contributed by atoms with Gasteiger partial charge in [0.05, 0.1) is 17.9 Å². The number of hydrogen-bond donors (Lipinski definition) is 1. The van der Waals surface area contributed by atoms with Crippen molar-refractivity contribution in [2.75, 3.05) is 18.4 Å². The number of aryl methyl sites for hydroxylation is 3. The molecule has 2 aromatic rings. The standard InChI is InChI=1S/C21H29BrN4O3S/c1-14-7-10-25(11-8-14)30(28,29)21-16(3)24-26(17(21)4)12-9-20(27)23-18-5-6-19(22)15(2)13-18/h5-6,13-14H,7-12H2,1-4H3,(H,23,27). The fourth-order valence-corrected chi connectivity index (χ4v) is 5.87. The number of carbonyl (C=O) groups excluding carboxylic acids is 1. The van der Waals surface area contributed by atoms with E-state index in [2.05, 4.69) is 33.3 Å². The summed E-state index contributed by atoms with van der Waals surface area (Å²) in [6.07, 6.45) is 1.96. The van der Waals surface area contributed by atoms with Crippen LogP contribution in [0.25, 0.3) is 0 Å². The number of sulfonamides is 1. The van der Waals surface area contributed by atoms with Gasteiger partial charge < -0.3 is 5.32 Å². The molecule has 0 aliphatic carbocycles. The highest BCUT2D eigenvalue weighted by Gasteiger charge is 2.32. The Morgan fingerprint density at radius 3 is 2.53 bits per heavy atom. The van der Waals surface area contributed by atoms with Crippen LogP contribution in [0.2, 0.25) is 0 Å². The number of nitrogens with one attached hydrogen (secondary N) is 1. The van der Waals surface area contributed by atoms with Crippen molar-refractivity contribution in [2.45, 2.75) is 58.4 Å². The van der Waals surface area contributed by atoms with Crippen molar-refractivity contribution in [3.63, 3.8) is 0 Å². The van der Waals surface area contributed by atoms with Crippen LogP contribution in [0.3, 0.4) is 0 Å². The quantitative estimate of drug-likeness (QED) is 0.654. The third-order valence-electron chi connectivity index (χ3n) is 5.65. The van der Waals surface area contributed by atoms with Crippen LogP contribution in [0.4, 0.5) is 5.69 Å². The highest BCUT2D eigenvalue weighted by molar-refractivity contribution is 9.10. The molecule has 1 saturated heterocycles. The van der Waals surface area contributed by atoms with Gasteiger partial charge >= 0.3 is 0 Å². The number of piperidine rings is 1. The Hall–Kier alpha value is -1.71. The molecule has 1 aliphatic heterocycles. The molecule has 30 heavy (non-hydrogen) atoms. The van der Waals surface area contributed by atoms with Crippen molar-refractivity contribution in [3.05, 3.63) is 39.6 Å². The largest absolute Gasteiger partial charge is 0.326 e. The number of benzene rings is 1. The summed E-state index contributed by atoms with van der Waals surface area (Å²) in [6.45, 7) is 8.99. The molecule has 0 atom stereocenters. The first-order valence-corrected chi connectivity index (χ1v) is 12.4. The van der Waals surface area contributed by atoms with Gasteiger partial charge in [0.15, 0.2) is 0 Å². The van der Waals surface area contributed by atoms with E-state index in [0.717, 1.165) is 28.6 Å². The van der Waals surface area contributed by atoms with Gasteiger partial charge in [0.2, 0.25) is 15.9 Å². The van der Waals surface area contributed by atoms with E-state index in [0.29, 0.717) is 36.9 Å². The van der Waals surface area contributed by atoms with Gasteiger partial charge in [-0.25, -0.2) is 8.42 Å². The van der Waals surface area contributed by atoms with Gasteiger partial charge in [-0.2, -0.15) is 9.40 Å². The maximum absolute atomic E-state index is 13.2. The zero-order valence-corrected chi connectivity index (χ0v) is 20.3. The number of anilines is 1. The number of halogens is 1. The Kier molecular flexibility index (Phi) is 7.04. The second-order valence-corrected chi connectivity index (χ2v) is 10.8. The van der Waals surface area contributed by atoms with Crippen LogP contribution in [-0.2, 0) is 21.4 Å². The zero-order valence-electron chi connectivity index (χ0n) is 17.9. The van der Waals surface area contributed by atoms with Crippen molar-refractivity contribution in [2.24, 2.45) is 5.92 Å². The van der Waals surface area contributed by atoms with E-state index < -0.39 is 10.0 Å². The molecule has 1 fully saturated rings. The molecule has 1 N–H and O–H groups in total. The molecule has 1 aromatic carbocycles. The molecule has 0 bridgehead atoms. The van der Waals surface area contributed by atoms with Crippen LogP contribution in [0, 0.1) is 26.7 Å². The molecule has 1 aromatic heterocycles. The fourth-order valence-electron chi connectivity index (χ4n) is 3.78. The lowest BCUT2D eigenvalue weighted by Gasteiger charge is -2.29. The average molecular weight is 497 g/mol. The summed E-state index contributed by atoms with van der Waals surface area (Å²) in [6, 6.07) is 5.63. The van der Waals surface area contributed by atoms with Gasteiger partial charge in [0, 0.05) is 29.7 Å². The Labute approximate surface area is 187 Å². The Morgan fingerprint density at radius 2 is 1.90 bits per heavy atom. The second-order valence-electron chi connectivity index (χ2n) is 8.07. The normalized spacial score (nSPS) is 16.0. The summed E-state index contributed by atoms with van der Waals surface area (Å²) >= 11 is 3.44. The second kappa shape index (κ2) is 9.20. The average Bonchev–Trinajstić information content (AvgIpc) is 2.97. The summed E-state index contributed by atoms with van der Waals surface area (Å²) in [5, 5.41) is 7.30. The lowest BCUT2D eigenvalue weighted by atomic mass is 10.0. The molecule has 0 radical (unpaired) electrons. The molecule has 164 valence electrons. The third kappa shape index (κ3) is 4.95. The monoisotopic (exact) mass is 496 g/mol. The van der Waals surface area contributed by atoms with Crippen molar-refractivity contribution in [1.29, 1.82) is 0 Å². The first kappa shape index (κ1) is 23.0. The van der Waals surface area contributed by atoms with E-state index in [4.69, 9.17) is 0 Å². The van der Waals surface area contributed by atoms with Crippen LogP contribution < -0.4 is 5.32 Å². The van der Waals surface area contributed by atoms with Crippen molar-refractivity contribution in [3.8, 4) is 0 Å². The molecule has 3 rings (SSSR count). The van der Waals surface area contributed by atoms with Crippen molar-refractivity contribution >= 4 is 37.5 Å². The minimum Gasteiger partial charge on any atom is -0.326 e. The van der Waals surface area contributed by atoms with Crippen LogP contribution in [0.5, 0.6) is 0 Å². The summed E-state index contributed by atoms with van der Waals surface area (Å²) in [5.41, 5.74) is 2.83. The number of carbonyl (C=O) groups is 1. The molecule has 9 heteroatoms. The molecule has 0 unspecified atom stereocenters. The molecule has 2 heterocycles. The van der Waals surface area contributed by atoms with E-state index in [1.165, 1.54) is 0 Å². The van der Waals surface area contributed by atoms with E-state index in [-0.39, 0.29) is 17.2 Å². The SMILES string of the molecule is Cc1cc(NC(=O)CCn2nc(C)c(S(=O)(=O)N3CCC(C)CC3)c2C)ccc1Br. The first-order valence-electron chi connectivity index (χ1n) is 10.2. The van der Waals surface area contributed by atoms with E-state index in [9.17, 15) is 13.2 Å². The van der Waals surface area contributed by atoms with Crippen LogP contribution in [0.1, 0.15) is 43.1 Å². The summed E-state index contributed by atoms with van der Waals surface area (Å²) in [5.74, 6) is 0.410. The highest BCUT2D eigenvalue weighted by Crippen LogP contribution is 2.27. The predicted octanol–water partition coefficient (Wildman–Crippen LogP) is 4.02. The summed E-state index contributed by atoms with van der Waals surface area (Å²) in [4.78, 5) is 12.6. The van der Waals surface area contributed by atoms with Gasteiger partial charge in [0.1, 0.15) is 4.90 Å². The molecular formula is C21H29BrN4O3S. The topological polar surface area (TPSA) is 84.3 Å². The molecule has 1 aliphatic rings. The third-order valence-corrected chi connectivity index (χ3v) is 8.69.